The lowest BCUT2D eigenvalue weighted by atomic mass is 10.1. The second-order valence-electron chi connectivity index (χ2n) is 1.65. The van der Waals surface area contributed by atoms with Crippen LogP contribution in [0.15, 0.2) is 13.2 Å². The molecule has 0 radical (unpaired) electrons. The molecule has 0 aromatic carbocycles. The van der Waals surface area contributed by atoms with Crippen molar-refractivity contribution in [2.24, 2.45) is 5.92 Å². The van der Waals surface area contributed by atoms with Gasteiger partial charge in [-0.05, 0) is 6.42 Å². The highest BCUT2D eigenvalue weighted by atomic mass is 16.4. The van der Waals surface area contributed by atoms with E-state index in [0.717, 1.165) is 6.42 Å². The quantitative estimate of drug-likeness (QED) is 0.580. The maximum Gasteiger partial charge on any atom is 0.306 e. The number of carboxylic acid groups (broad SMARTS) is 1. The lowest BCUT2D eigenvalue weighted by Crippen LogP contribution is -2.06. The van der Waals surface area contributed by atoms with Gasteiger partial charge in [-0.3, -0.25) is 4.79 Å². The van der Waals surface area contributed by atoms with Crippen LogP contribution in [0, 0.1) is 5.92 Å². The maximum atomic E-state index is 9.93. The summed E-state index contributed by atoms with van der Waals surface area (Å²) in [5, 5.41) is 8.18. The van der Waals surface area contributed by atoms with E-state index < -0.39 is 5.97 Å². The lowest BCUT2D eigenvalue weighted by molar-refractivity contribution is -0.141. The zero-order valence-corrected chi connectivity index (χ0v) is 6.05. The molecule has 0 rings (SSSR count). The smallest absolute Gasteiger partial charge is 0.306 e. The molecule has 0 saturated carbocycles. The number of carbonyl (C=O) groups is 1. The van der Waals surface area contributed by atoms with E-state index in [1.54, 1.807) is 6.92 Å². The van der Waals surface area contributed by atoms with Crippen LogP contribution >= 0.6 is 0 Å². The molecule has 0 amide bonds. The minimum absolute atomic E-state index is 0.181. The van der Waals surface area contributed by atoms with E-state index >= 15 is 0 Å². The standard InChI is InChI=1S/C5H10O2.C2H4/c1-3-4(2)5(6)7;1-2/h4H,3H2,1-2H3,(H,6,7);1-2H2. The predicted octanol–water partition coefficient (Wildman–Crippen LogP) is 1.92. The monoisotopic (exact) mass is 130 g/mol. The second-order valence-corrected chi connectivity index (χ2v) is 1.65. The molecule has 0 aliphatic carbocycles. The summed E-state index contributed by atoms with van der Waals surface area (Å²) in [6.45, 7) is 9.56. The van der Waals surface area contributed by atoms with Crippen molar-refractivity contribution in [1.82, 2.24) is 0 Å². The molecule has 9 heavy (non-hydrogen) atoms. The third kappa shape index (κ3) is 7.21. The summed E-state index contributed by atoms with van der Waals surface area (Å²) in [5.41, 5.74) is 0. The fourth-order valence-electron chi connectivity index (χ4n) is 0.175. The molecule has 0 aromatic heterocycles. The van der Waals surface area contributed by atoms with Gasteiger partial charge in [-0.1, -0.05) is 13.8 Å². The number of carboxylic acids is 1. The Morgan fingerprint density at radius 1 is 1.67 bits per heavy atom. The first kappa shape index (κ1) is 11.1. The first-order valence-corrected chi connectivity index (χ1v) is 2.91. The highest BCUT2D eigenvalue weighted by Crippen LogP contribution is 1.97. The molecule has 1 atom stereocenters. The average molecular weight is 130 g/mol. The van der Waals surface area contributed by atoms with E-state index in [2.05, 4.69) is 13.2 Å². The van der Waals surface area contributed by atoms with Crippen molar-refractivity contribution >= 4 is 5.97 Å². The zero-order valence-electron chi connectivity index (χ0n) is 6.05. The fourth-order valence-corrected chi connectivity index (χ4v) is 0.175. The first-order chi connectivity index (χ1) is 4.18. The van der Waals surface area contributed by atoms with E-state index in [0.29, 0.717) is 0 Å². The van der Waals surface area contributed by atoms with Gasteiger partial charge in [-0.25, -0.2) is 0 Å². The minimum atomic E-state index is -0.706. The van der Waals surface area contributed by atoms with Crippen LogP contribution in [-0.2, 0) is 4.79 Å². The summed E-state index contributed by atoms with van der Waals surface area (Å²) >= 11 is 0. The van der Waals surface area contributed by atoms with E-state index in [4.69, 9.17) is 5.11 Å². The molecule has 0 saturated heterocycles. The van der Waals surface area contributed by atoms with Crippen molar-refractivity contribution in [3.63, 3.8) is 0 Å². The van der Waals surface area contributed by atoms with Gasteiger partial charge >= 0.3 is 5.97 Å². The Labute approximate surface area is 56.2 Å². The van der Waals surface area contributed by atoms with Gasteiger partial charge in [0.05, 0.1) is 5.92 Å². The molecule has 0 spiro atoms. The van der Waals surface area contributed by atoms with Gasteiger partial charge in [0.25, 0.3) is 0 Å². The van der Waals surface area contributed by atoms with Crippen molar-refractivity contribution in [1.29, 1.82) is 0 Å². The molecule has 0 bridgehead atoms. The summed E-state index contributed by atoms with van der Waals surface area (Å²) < 4.78 is 0. The van der Waals surface area contributed by atoms with Gasteiger partial charge in [0, 0.05) is 0 Å². The van der Waals surface area contributed by atoms with Crippen LogP contribution in [0.4, 0.5) is 0 Å². The third-order valence-corrected chi connectivity index (χ3v) is 1.03. The fraction of sp³-hybridized carbons (Fsp3) is 0.571. The lowest BCUT2D eigenvalue weighted by Gasteiger charge is -1.96. The van der Waals surface area contributed by atoms with Gasteiger partial charge in [0.15, 0.2) is 0 Å². The topological polar surface area (TPSA) is 37.3 Å². The second kappa shape index (κ2) is 7.21. The largest absolute Gasteiger partial charge is 0.481 e. The summed E-state index contributed by atoms with van der Waals surface area (Å²) in [6, 6.07) is 0. The summed E-state index contributed by atoms with van der Waals surface area (Å²) in [5.74, 6) is -0.887. The molecular weight excluding hydrogens is 116 g/mol. The van der Waals surface area contributed by atoms with Gasteiger partial charge in [-0.2, -0.15) is 0 Å². The van der Waals surface area contributed by atoms with Crippen LogP contribution in [0.25, 0.3) is 0 Å². The van der Waals surface area contributed by atoms with Crippen molar-refractivity contribution in [2.45, 2.75) is 20.3 Å². The Kier molecular flexibility index (Phi) is 8.87. The third-order valence-electron chi connectivity index (χ3n) is 1.03. The van der Waals surface area contributed by atoms with Crippen LogP contribution in [0.1, 0.15) is 20.3 Å². The van der Waals surface area contributed by atoms with Gasteiger partial charge in [0.1, 0.15) is 0 Å². The average Bonchev–Trinajstić information content (AvgIpc) is 1.91. The van der Waals surface area contributed by atoms with Crippen LogP contribution in [0.2, 0.25) is 0 Å². The van der Waals surface area contributed by atoms with Crippen molar-refractivity contribution in [2.75, 3.05) is 0 Å². The van der Waals surface area contributed by atoms with Gasteiger partial charge < -0.3 is 5.11 Å². The Morgan fingerprint density at radius 3 is 2.00 bits per heavy atom. The molecule has 2 heteroatoms. The van der Waals surface area contributed by atoms with Gasteiger partial charge in [-0.15, -0.1) is 13.2 Å². The van der Waals surface area contributed by atoms with Crippen molar-refractivity contribution in [3.05, 3.63) is 13.2 Å². The number of aliphatic carboxylic acids is 1. The van der Waals surface area contributed by atoms with Crippen molar-refractivity contribution in [3.8, 4) is 0 Å². The maximum absolute atomic E-state index is 9.93. The molecule has 0 aromatic rings. The number of hydrogen-bond acceptors (Lipinski definition) is 1. The molecular formula is C7H14O2. The molecule has 1 N–H and O–H groups in total. The molecule has 54 valence electrons. The Hall–Kier alpha value is -0.790. The van der Waals surface area contributed by atoms with Crippen LogP contribution < -0.4 is 0 Å². The number of rotatable bonds is 2. The van der Waals surface area contributed by atoms with Crippen molar-refractivity contribution < 1.29 is 9.90 Å². The summed E-state index contributed by atoms with van der Waals surface area (Å²) in [7, 11) is 0. The molecule has 0 fully saturated rings. The first-order valence-electron chi connectivity index (χ1n) is 2.91. The van der Waals surface area contributed by atoms with Crippen LogP contribution in [-0.4, -0.2) is 11.1 Å². The van der Waals surface area contributed by atoms with E-state index in [-0.39, 0.29) is 5.92 Å². The molecule has 2 nitrogen and oxygen atoms in total. The van der Waals surface area contributed by atoms with E-state index in [1.807, 2.05) is 6.92 Å². The Balaban J connectivity index is 0. The Morgan fingerprint density at radius 2 is 2.00 bits per heavy atom. The van der Waals surface area contributed by atoms with E-state index in [1.165, 1.54) is 0 Å². The highest BCUT2D eigenvalue weighted by molar-refractivity contribution is 5.69. The van der Waals surface area contributed by atoms with Crippen LogP contribution in [0.5, 0.6) is 0 Å². The molecule has 0 aliphatic heterocycles. The minimum Gasteiger partial charge on any atom is -0.481 e. The normalized spacial score (nSPS) is 10.9. The molecule has 0 aliphatic rings. The summed E-state index contributed by atoms with van der Waals surface area (Å²) in [6.07, 6.45) is 0.718. The SMILES string of the molecule is C=C.CCC(C)C(=O)O. The number of hydrogen-bond donors (Lipinski definition) is 1. The highest BCUT2D eigenvalue weighted by Gasteiger charge is 2.05. The van der Waals surface area contributed by atoms with Gasteiger partial charge in [0.2, 0.25) is 0 Å². The van der Waals surface area contributed by atoms with E-state index in [9.17, 15) is 4.79 Å². The predicted molar refractivity (Wildman–Crippen MR) is 38.3 cm³/mol. The van der Waals surface area contributed by atoms with Crippen LogP contribution in [0.3, 0.4) is 0 Å². The molecule has 1 unspecified atom stereocenters. The molecule has 0 heterocycles. The zero-order chi connectivity index (χ0) is 7.86. The Bertz CT molecular complexity index is 79.0. The summed E-state index contributed by atoms with van der Waals surface area (Å²) in [4.78, 5) is 9.93.